The molecule has 0 amide bonds. The van der Waals surface area contributed by atoms with E-state index in [2.05, 4.69) is 80.6 Å². The standard InChI is InChI=1S/C33H36N8O/c1-2-40(19-20-41-23-38-33-31(32(41)34)36-22-37-33)24-14-16-25(17-15-24)42-21-9-3-8-18-35-30-26-10-4-6-12-28(26)39-29-13-7-5-11-27(29)30/h4-7,10-17,22-23,34H,2-3,8-9,18-21H2,1H3,(H,35,39)(H,36,37). The maximum Gasteiger partial charge on any atom is 0.182 e. The van der Waals surface area contributed by atoms with Crippen molar-refractivity contribution in [1.29, 1.82) is 5.41 Å². The molecule has 0 radical (unpaired) electrons. The fourth-order valence-corrected chi connectivity index (χ4v) is 5.34. The minimum absolute atomic E-state index is 0.396. The zero-order chi connectivity index (χ0) is 28.7. The highest BCUT2D eigenvalue weighted by Crippen LogP contribution is 2.30. The van der Waals surface area contributed by atoms with Crippen LogP contribution in [0.15, 0.2) is 85.5 Å². The summed E-state index contributed by atoms with van der Waals surface area (Å²) in [6.45, 7) is 6.05. The van der Waals surface area contributed by atoms with Gasteiger partial charge in [0.15, 0.2) is 11.1 Å². The lowest BCUT2D eigenvalue weighted by atomic mass is 10.1. The third kappa shape index (κ3) is 5.90. The Morgan fingerprint density at radius 2 is 1.64 bits per heavy atom. The summed E-state index contributed by atoms with van der Waals surface area (Å²) in [5.74, 6) is 0.888. The first-order chi connectivity index (χ1) is 20.7. The molecule has 0 saturated heterocycles. The normalized spacial score (nSPS) is 11.4. The molecule has 0 saturated carbocycles. The smallest absolute Gasteiger partial charge is 0.182 e. The number of aromatic nitrogens is 5. The second kappa shape index (κ2) is 12.7. The van der Waals surface area contributed by atoms with Crippen LogP contribution in [0.5, 0.6) is 5.75 Å². The average Bonchev–Trinajstić information content (AvgIpc) is 3.52. The van der Waals surface area contributed by atoms with Crippen LogP contribution >= 0.6 is 0 Å². The van der Waals surface area contributed by atoms with Gasteiger partial charge in [-0.25, -0.2) is 15.0 Å². The molecule has 6 rings (SSSR count). The van der Waals surface area contributed by atoms with Crippen LogP contribution in [0.25, 0.3) is 33.0 Å². The van der Waals surface area contributed by atoms with Crippen molar-refractivity contribution in [2.45, 2.75) is 32.7 Å². The molecule has 0 fully saturated rings. The van der Waals surface area contributed by atoms with Gasteiger partial charge in [-0.15, -0.1) is 0 Å². The summed E-state index contributed by atoms with van der Waals surface area (Å²) in [5.41, 5.74) is 5.97. The maximum atomic E-state index is 8.42. The minimum Gasteiger partial charge on any atom is -0.494 e. The van der Waals surface area contributed by atoms with Gasteiger partial charge in [-0.2, -0.15) is 0 Å². The number of pyridine rings is 1. The summed E-state index contributed by atoms with van der Waals surface area (Å²) in [6.07, 6.45) is 6.43. The van der Waals surface area contributed by atoms with Crippen LogP contribution in [-0.4, -0.2) is 50.7 Å². The Morgan fingerprint density at radius 1 is 0.905 bits per heavy atom. The van der Waals surface area contributed by atoms with Crippen LogP contribution in [0.3, 0.4) is 0 Å². The predicted octanol–water partition coefficient (Wildman–Crippen LogP) is 6.13. The number of hydrogen-bond donors (Lipinski definition) is 3. The van der Waals surface area contributed by atoms with Crippen LogP contribution in [0, 0.1) is 5.41 Å². The Hall–Kier alpha value is -4.92. The summed E-state index contributed by atoms with van der Waals surface area (Å²) in [6, 6.07) is 24.9. The number of rotatable bonds is 13. The quantitative estimate of drug-likeness (QED) is 0.116. The average molecular weight is 561 g/mol. The van der Waals surface area contributed by atoms with E-state index in [1.807, 2.05) is 28.8 Å². The van der Waals surface area contributed by atoms with E-state index in [-0.39, 0.29) is 0 Å². The molecule has 3 aromatic carbocycles. The maximum absolute atomic E-state index is 8.42. The number of nitrogens with one attached hydrogen (secondary N) is 3. The van der Waals surface area contributed by atoms with Crippen LogP contribution in [-0.2, 0) is 6.54 Å². The van der Waals surface area contributed by atoms with Crippen molar-refractivity contribution in [1.82, 2.24) is 24.5 Å². The molecular formula is C33H36N8O. The molecule has 6 aromatic rings. The van der Waals surface area contributed by atoms with Crippen molar-refractivity contribution in [3.05, 3.63) is 90.9 Å². The first-order valence-corrected chi connectivity index (χ1v) is 14.6. The Labute approximate surface area is 244 Å². The van der Waals surface area contributed by atoms with Crippen molar-refractivity contribution in [3.8, 4) is 5.75 Å². The fraction of sp³-hybridized carbons (Fsp3) is 0.273. The minimum atomic E-state index is 0.396. The molecule has 9 heteroatoms. The van der Waals surface area contributed by atoms with Gasteiger partial charge < -0.3 is 24.5 Å². The summed E-state index contributed by atoms with van der Waals surface area (Å²) < 4.78 is 7.88. The third-order valence-corrected chi connectivity index (χ3v) is 7.64. The number of likely N-dealkylation sites (N-methyl/N-ethyl adjacent to an activating group) is 1. The van der Waals surface area contributed by atoms with Gasteiger partial charge in [0.25, 0.3) is 0 Å². The van der Waals surface area contributed by atoms with Gasteiger partial charge in [-0.3, -0.25) is 5.41 Å². The molecule has 0 bridgehead atoms. The fourth-order valence-electron chi connectivity index (χ4n) is 5.34. The van der Waals surface area contributed by atoms with Gasteiger partial charge in [0.05, 0.1) is 36.0 Å². The predicted molar refractivity (Wildman–Crippen MR) is 169 cm³/mol. The van der Waals surface area contributed by atoms with Crippen molar-refractivity contribution in [2.24, 2.45) is 0 Å². The molecular weight excluding hydrogens is 524 g/mol. The van der Waals surface area contributed by atoms with E-state index in [9.17, 15) is 0 Å². The Bertz CT molecular complexity index is 1790. The van der Waals surface area contributed by atoms with Gasteiger partial charge >= 0.3 is 0 Å². The van der Waals surface area contributed by atoms with Crippen molar-refractivity contribution in [3.63, 3.8) is 0 Å². The first-order valence-electron chi connectivity index (χ1n) is 14.6. The van der Waals surface area contributed by atoms with Crippen molar-refractivity contribution >= 4 is 44.3 Å². The van der Waals surface area contributed by atoms with Crippen LogP contribution < -0.4 is 20.4 Å². The summed E-state index contributed by atoms with van der Waals surface area (Å²) in [4.78, 5) is 18.6. The number of ether oxygens (including phenoxy) is 1. The second-order valence-electron chi connectivity index (χ2n) is 10.3. The van der Waals surface area contributed by atoms with Crippen LogP contribution in [0.4, 0.5) is 11.4 Å². The van der Waals surface area contributed by atoms with Gasteiger partial charge in [-0.05, 0) is 62.6 Å². The Balaban J connectivity index is 0.955. The number of aromatic amines is 1. The van der Waals surface area contributed by atoms with E-state index in [4.69, 9.17) is 15.1 Å². The van der Waals surface area contributed by atoms with Crippen molar-refractivity contribution in [2.75, 3.05) is 36.5 Å². The number of unbranched alkanes of at least 4 members (excludes halogenated alkanes) is 2. The lowest BCUT2D eigenvalue weighted by molar-refractivity contribution is 0.306. The van der Waals surface area contributed by atoms with E-state index >= 15 is 0 Å². The first kappa shape index (κ1) is 27.3. The van der Waals surface area contributed by atoms with E-state index in [0.29, 0.717) is 29.8 Å². The number of benzene rings is 3. The van der Waals surface area contributed by atoms with Gasteiger partial charge in [0.2, 0.25) is 0 Å². The molecule has 0 unspecified atom stereocenters. The number of nitrogens with zero attached hydrogens (tertiary/aromatic N) is 5. The van der Waals surface area contributed by atoms with Gasteiger partial charge in [0.1, 0.15) is 11.3 Å². The number of imidazole rings is 1. The third-order valence-electron chi connectivity index (χ3n) is 7.64. The second-order valence-corrected chi connectivity index (χ2v) is 10.3. The Kier molecular flexibility index (Phi) is 8.26. The number of hydrogen-bond acceptors (Lipinski definition) is 7. The lowest BCUT2D eigenvalue weighted by Gasteiger charge is -2.24. The highest BCUT2D eigenvalue weighted by Gasteiger charge is 2.09. The lowest BCUT2D eigenvalue weighted by Crippen LogP contribution is -2.31. The molecule has 0 spiro atoms. The molecule has 9 nitrogen and oxygen atoms in total. The van der Waals surface area contributed by atoms with Crippen LogP contribution in [0.1, 0.15) is 26.2 Å². The van der Waals surface area contributed by atoms with Crippen LogP contribution in [0.2, 0.25) is 0 Å². The SMILES string of the molecule is CCN(CCn1cnc2nc[nH]c2c1=N)c1ccc(OCCCCCNc2c3ccccc3nc3ccccc23)cc1. The molecule has 42 heavy (non-hydrogen) atoms. The highest BCUT2D eigenvalue weighted by molar-refractivity contribution is 6.07. The van der Waals surface area contributed by atoms with Gasteiger partial charge in [-0.1, -0.05) is 36.4 Å². The van der Waals surface area contributed by atoms with E-state index in [1.165, 1.54) is 5.69 Å². The zero-order valence-electron chi connectivity index (χ0n) is 23.9. The molecule has 3 heterocycles. The topological polar surface area (TPSA) is 108 Å². The zero-order valence-corrected chi connectivity index (χ0v) is 23.9. The molecule has 3 N–H and O–H groups in total. The molecule has 0 atom stereocenters. The molecule has 0 aliphatic heterocycles. The van der Waals surface area contributed by atoms with E-state index < -0.39 is 0 Å². The highest BCUT2D eigenvalue weighted by atomic mass is 16.5. The van der Waals surface area contributed by atoms with Gasteiger partial charge in [0, 0.05) is 42.6 Å². The summed E-state index contributed by atoms with van der Waals surface area (Å²) in [5, 5.41) is 14.4. The molecule has 0 aliphatic carbocycles. The van der Waals surface area contributed by atoms with E-state index in [1.54, 1.807) is 12.7 Å². The molecule has 3 aromatic heterocycles. The largest absolute Gasteiger partial charge is 0.494 e. The number of anilines is 2. The number of fused-ring (bicyclic) bond motifs is 3. The summed E-state index contributed by atoms with van der Waals surface area (Å²) >= 11 is 0. The Morgan fingerprint density at radius 3 is 2.38 bits per heavy atom. The summed E-state index contributed by atoms with van der Waals surface area (Å²) in [7, 11) is 0. The number of para-hydroxylation sites is 2. The molecule has 0 aliphatic rings. The number of H-pyrrole nitrogens is 1. The molecule has 214 valence electrons. The monoisotopic (exact) mass is 560 g/mol. The van der Waals surface area contributed by atoms with Crippen molar-refractivity contribution < 1.29 is 4.74 Å². The van der Waals surface area contributed by atoms with E-state index in [0.717, 1.165) is 72.1 Å².